The number of aromatic nitrogens is 5. The average molecular weight is 444 g/mol. The fourth-order valence-electron chi connectivity index (χ4n) is 5.07. The molecule has 4 heterocycles. The zero-order valence-corrected chi connectivity index (χ0v) is 17.0. The third kappa shape index (κ3) is 2.94. The highest BCUT2D eigenvalue weighted by molar-refractivity contribution is 5.59. The molecular weight excluding hydrogens is 425 g/mol. The molecule has 0 spiro atoms. The Kier molecular flexibility index (Phi) is 4.47. The summed E-state index contributed by atoms with van der Waals surface area (Å²) in [4.78, 5) is 23.1. The maximum Gasteiger partial charge on any atom is 0.419 e. The van der Waals surface area contributed by atoms with Crippen LogP contribution in [0.5, 0.6) is 6.01 Å². The summed E-state index contributed by atoms with van der Waals surface area (Å²) in [5.41, 5.74) is -0.807. The Balaban J connectivity index is 1.58. The van der Waals surface area contributed by atoms with Crippen molar-refractivity contribution in [3.05, 3.63) is 60.2 Å². The van der Waals surface area contributed by atoms with Gasteiger partial charge in [0, 0.05) is 29.9 Å². The number of carbonyl (C=O) groups is 1. The fraction of sp³-hybridized carbons (Fsp3) is 0.381. The highest BCUT2D eigenvalue weighted by atomic mass is 19.4. The van der Waals surface area contributed by atoms with Crippen LogP contribution in [0.1, 0.15) is 37.3 Å². The number of amides is 1. The second-order valence-corrected chi connectivity index (χ2v) is 8.29. The van der Waals surface area contributed by atoms with Gasteiger partial charge in [0.05, 0.1) is 23.6 Å². The molecular formula is C21H19F3N6O2. The smallest absolute Gasteiger partial charge is 0.419 e. The molecule has 0 unspecified atom stereocenters. The highest BCUT2D eigenvalue weighted by Crippen LogP contribution is 2.59. The molecule has 5 rings (SSSR count). The molecule has 2 aromatic heterocycles. The number of carbonyl (C=O) groups excluding carboxylic acids is 1. The molecule has 0 aliphatic carbocycles. The summed E-state index contributed by atoms with van der Waals surface area (Å²) in [5.74, 6) is 0. The lowest BCUT2D eigenvalue weighted by atomic mass is 9.76. The third-order valence-corrected chi connectivity index (χ3v) is 6.53. The Morgan fingerprint density at radius 1 is 1.12 bits per heavy atom. The summed E-state index contributed by atoms with van der Waals surface area (Å²) in [6, 6.07) is 7.30. The van der Waals surface area contributed by atoms with Crippen LogP contribution in [0.25, 0.3) is 5.69 Å². The van der Waals surface area contributed by atoms with Crippen LogP contribution >= 0.6 is 0 Å². The molecule has 166 valence electrons. The van der Waals surface area contributed by atoms with Gasteiger partial charge in [0.15, 0.2) is 0 Å². The van der Waals surface area contributed by atoms with Gasteiger partial charge in [-0.2, -0.15) is 28.2 Å². The van der Waals surface area contributed by atoms with Crippen molar-refractivity contribution in [1.82, 2.24) is 29.9 Å². The van der Waals surface area contributed by atoms with Crippen molar-refractivity contribution in [3.8, 4) is 11.7 Å². The minimum atomic E-state index is -4.54. The summed E-state index contributed by atoms with van der Waals surface area (Å²) in [5, 5.41) is 8.47. The van der Waals surface area contributed by atoms with Crippen LogP contribution in [-0.4, -0.2) is 47.9 Å². The Labute approximate surface area is 181 Å². The molecule has 2 aliphatic heterocycles. The van der Waals surface area contributed by atoms with Gasteiger partial charge in [0.1, 0.15) is 11.6 Å². The van der Waals surface area contributed by atoms with Crippen LogP contribution in [0.2, 0.25) is 0 Å². The van der Waals surface area contributed by atoms with Crippen LogP contribution in [0.15, 0.2) is 49.1 Å². The number of para-hydroxylation sites is 1. The van der Waals surface area contributed by atoms with Gasteiger partial charge in [0.2, 0.25) is 6.41 Å². The molecule has 2 saturated heterocycles. The highest BCUT2D eigenvalue weighted by Gasteiger charge is 2.66. The predicted molar refractivity (Wildman–Crippen MR) is 105 cm³/mol. The van der Waals surface area contributed by atoms with Gasteiger partial charge in [-0.3, -0.25) is 4.79 Å². The number of hydrogen-bond acceptors (Lipinski definition) is 6. The maximum atomic E-state index is 12.9. The van der Waals surface area contributed by atoms with E-state index in [0.29, 0.717) is 30.9 Å². The van der Waals surface area contributed by atoms with Crippen molar-refractivity contribution in [1.29, 1.82) is 0 Å². The van der Waals surface area contributed by atoms with Crippen LogP contribution < -0.4 is 4.74 Å². The van der Waals surface area contributed by atoms with E-state index in [0.717, 1.165) is 18.4 Å². The van der Waals surface area contributed by atoms with Gasteiger partial charge < -0.3 is 9.64 Å². The van der Waals surface area contributed by atoms with Gasteiger partial charge >= 0.3 is 12.2 Å². The lowest BCUT2D eigenvalue weighted by molar-refractivity contribution is -0.138. The molecule has 2 fully saturated rings. The minimum Gasteiger partial charge on any atom is -0.457 e. The van der Waals surface area contributed by atoms with Crippen molar-refractivity contribution in [2.24, 2.45) is 0 Å². The Morgan fingerprint density at radius 2 is 1.81 bits per heavy atom. The average Bonchev–Trinajstić information content (AvgIpc) is 3.45. The Hall–Kier alpha value is -3.50. The molecule has 0 N–H and O–H groups in total. The number of halogens is 3. The van der Waals surface area contributed by atoms with Gasteiger partial charge in [-0.1, -0.05) is 18.2 Å². The molecule has 3 atom stereocenters. The number of fused-ring (bicyclic) bond motifs is 2. The normalized spacial score (nSPS) is 27.0. The second-order valence-electron chi connectivity index (χ2n) is 8.29. The SMILES string of the molecule is C[C@@]12CC[C@](c3ccccc3-n3nccn3)([C@H](Oc3ncc(C(F)(F)F)cn3)C1)N2C=O. The molecule has 3 aromatic rings. The van der Waals surface area contributed by atoms with Crippen molar-refractivity contribution < 1.29 is 22.7 Å². The van der Waals surface area contributed by atoms with Gasteiger partial charge in [-0.05, 0) is 25.8 Å². The standard InChI is InChI=1S/C21H19F3N6O2/c1-19-6-7-20(29(19)13-31,15-4-2-3-5-16(15)30-27-8-9-28-30)17(10-19)32-18-25-11-14(12-26-18)21(22,23)24/h2-5,8-9,11-13,17H,6-7,10H2,1H3/t17-,19-,20+/m1/s1. The molecule has 0 radical (unpaired) electrons. The number of hydrogen-bond donors (Lipinski definition) is 0. The van der Waals surface area contributed by atoms with Gasteiger partial charge in [0.25, 0.3) is 0 Å². The monoisotopic (exact) mass is 444 g/mol. The number of alkyl halides is 3. The number of ether oxygens (including phenoxy) is 1. The quantitative estimate of drug-likeness (QED) is 0.562. The topological polar surface area (TPSA) is 86.0 Å². The lowest BCUT2D eigenvalue weighted by Crippen LogP contribution is -2.48. The second kappa shape index (κ2) is 7.01. The number of benzene rings is 1. The minimum absolute atomic E-state index is 0.168. The van der Waals surface area contributed by atoms with E-state index in [4.69, 9.17) is 4.74 Å². The molecule has 8 nitrogen and oxygen atoms in total. The Bertz CT molecular complexity index is 1140. The molecule has 32 heavy (non-hydrogen) atoms. The largest absolute Gasteiger partial charge is 0.457 e. The van der Waals surface area contributed by atoms with Crippen molar-refractivity contribution in [3.63, 3.8) is 0 Å². The number of rotatable bonds is 5. The molecule has 2 aliphatic rings. The zero-order chi connectivity index (χ0) is 22.6. The first-order valence-electron chi connectivity index (χ1n) is 10.0. The Morgan fingerprint density at radius 3 is 2.47 bits per heavy atom. The maximum absolute atomic E-state index is 12.9. The summed E-state index contributed by atoms with van der Waals surface area (Å²) >= 11 is 0. The van der Waals surface area contributed by atoms with E-state index < -0.39 is 28.9 Å². The van der Waals surface area contributed by atoms with Crippen molar-refractivity contribution in [2.45, 2.75) is 49.5 Å². The first-order valence-corrected chi connectivity index (χ1v) is 10.0. The van der Waals surface area contributed by atoms with E-state index in [2.05, 4.69) is 20.2 Å². The molecule has 1 aromatic carbocycles. The summed E-state index contributed by atoms with van der Waals surface area (Å²) in [6.45, 7) is 1.98. The van der Waals surface area contributed by atoms with E-state index in [9.17, 15) is 18.0 Å². The van der Waals surface area contributed by atoms with E-state index in [-0.39, 0.29) is 6.01 Å². The lowest BCUT2D eigenvalue weighted by Gasteiger charge is -2.38. The molecule has 0 saturated carbocycles. The van der Waals surface area contributed by atoms with Crippen LogP contribution in [0.4, 0.5) is 13.2 Å². The number of nitrogens with zero attached hydrogens (tertiary/aromatic N) is 6. The predicted octanol–water partition coefficient (Wildman–Crippen LogP) is 3.13. The fourth-order valence-corrected chi connectivity index (χ4v) is 5.07. The first-order chi connectivity index (χ1) is 15.3. The van der Waals surface area contributed by atoms with E-state index in [1.165, 1.54) is 4.80 Å². The van der Waals surface area contributed by atoms with Gasteiger partial charge in [-0.15, -0.1) is 0 Å². The van der Waals surface area contributed by atoms with Crippen molar-refractivity contribution in [2.75, 3.05) is 0 Å². The molecule has 1 amide bonds. The first kappa shape index (κ1) is 20.4. The van der Waals surface area contributed by atoms with Crippen LogP contribution in [0, 0.1) is 0 Å². The summed E-state index contributed by atoms with van der Waals surface area (Å²) in [7, 11) is 0. The van der Waals surface area contributed by atoms with Crippen LogP contribution in [-0.2, 0) is 16.5 Å². The van der Waals surface area contributed by atoms with Crippen molar-refractivity contribution >= 4 is 6.41 Å². The zero-order valence-electron chi connectivity index (χ0n) is 17.0. The molecule has 2 bridgehead atoms. The third-order valence-electron chi connectivity index (χ3n) is 6.53. The summed E-state index contributed by atoms with van der Waals surface area (Å²) in [6.07, 6.45) is 2.06. The summed E-state index contributed by atoms with van der Waals surface area (Å²) < 4.78 is 44.7. The van der Waals surface area contributed by atoms with Gasteiger partial charge in [-0.25, -0.2) is 9.97 Å². The molecule has 11 heteroatoms. The van der Waals surface area contributed by atoms with E-state index >= 15 is 0 Å². The van der Waals surface area contributed by atoms with E-state index in [1.54, 1.807) is 17.3 Å². The van der Waals surface area contributed by atoms with E-state index in [1.807, 2.05) is 31.2 Å². The van der Waals surface area contributed by atoms with Crippen LogP contribution in [0.3, 0.4) is 0 Å².